The highest BCUT2D eigenvalue weighted by atomic mass is 16.5. The Bertz CT molecular complexity index is 874. The van der Waals surface area contributed by atoms with Crippen molar-refractivity contribution in [3.8, 4) is 17.3 Å². The molecular weight excluding hydrogens is 312 g/mol. The number of hydrogen-bond donors (Lipinski definition) is 0. The van der Waals surface area contributed by atoms with Gasteiger partial charge in [0.05, 0.1) is 17.9 Å². The van der Waals surface area contributed by atoms with Crippen molar-refractivity contribution in [3.63, 3.8) is 0 Å². The molecule has 2 heterocycles. The van der Waals surface area contributed by atoms with E-state index in [0.717, 1.165) is 4.68 Å². The molecule has 124 valence electrons. The molecule has 1 aromatic carbocycles. The maximum absolute atomic E-state index is 12.2. The molecule has 3 aromatic rings. The Hall–Kier alpha value is -3.23. The van der Waals surface area contributed by atoms with Gasteiger partial charge in [0.25, 0.3) is 0 Å². The van der Waals surface area contributed by atoms with E-state index in [4.69, 9.17) is 9.47 Å². The average molecular weight is 328 g/mol. The smallest absolute Gasteiger partial charge is 0.368 e. The molecule has 2 aromatic heterocycles. The van der Waals surface area contributed by atoms with Gasteiger partial charge in [0.1, 0.15) is 12.4 Å². The Morgan fingerprint density at radius 1 is 1.12 bits per heavy atom. The molecule has 0 fully saturated rings. The standard InChI is InChI=1S/C15H16N6O3/c1-3-23-13-7-4-6-12(21-15(22)20(2)18-19-21)11(13)10-24-14-8-5-9-16-17-14/h4-9H,3,10H2,1-2H3. The summed E-state index contributed by atoms with van der Waals surface area (Å²) < 4.78 is 13.7. The number of hydrogen-bond acceptors (Lipinski definition) is 7. The third-order valence-electron chi connectivity index (χ3n) is 3.27. The molecule has 0 aliphatic carbocycles. The van der Waals surface area contributed by atoms with Crippen LogP contribution in [0, 0.1) is 0 Å². The Morgan fingerprint density at radius 3 is 2.67 bits per heavy atom. The summed E-state index contributed by atoms with van der Waals surface area (Å²) in [5.74, 6) is 0.984. The number of tetrazole rings is 1. The quantitative estimate of drug-likeness (QED) is 0.658. The Morgan fingerprint density at radius 2 is 2.00 bits per heavy atom. The normalized spacial score (nSPS) is 10.6. The molecular formula is C15H16N6O3. The van der Waals surface area contributed by atoms with Crippen LogP contribution in [0.5, 0.6) is 11.6 Å². The van der Waals surface area contributed by atoms with Crippen molar-refractivity contribution in [2.24, 2.45) is 7.05 Å². The van der Waals surface area contributed by atoms with Crippen LogP contribution in [0.15, 0.2) is 41.3 Å². The molecule has 0 radical (unpaired) electrons. The van der Waals surface area contributed by atoms with E-state index in [1.54, 1.807) is 30.5 Å². The van der Waals surface area contributed by atoms with Crippen LogP contribution in [0.1, 0.15) is 12.5 Å². The van der Waals surface area contributed by atoms with Crippen LogP contribution in [-0.2, 0) is 13.7 Å². The highest BCUT2D eigenvalue weighted by Crippen LogP contribution is 2.25. The molecule has 0 spiro atoms. The molecule has 0 saturated heterocycles. The van der Waals surface area contributed by atoms with Crippen molar-refractivity contribution in [1.29, 1.82) is 0 Å². The van der Waals surface area contributed by atoms with Crippen LogP contribution in [0.25, 0.3) is 5.69 Å². The van der Waals surface area contributed by atoms with Crippen molar-refractivity contribution < 1.29 is 9.47 Å². The van der Waals surface area contributed by atoms with E-state index >= 15 is 0 Å². The first-order chi connectivity index (χ1) is 11.7. The van der Waals surface area contributed by atoms with Gasteiger partial charge in [-0.2, -0.15) is 14.5 Å². The summed E-state index contributed by atoms with van der Waals surface area (Å²) in [7, 11) is 1.54. The minimum Gasteiger partial charge on any atom is -0.493 e. The van der Waals surface area contributed by atoms with Gasteiger partial charge in [-0.3, -0.25) is 0 Å². The zero-order valence-electron chi connectivity index (χ0n) is 13.3. The third kappa shape index (κ3) is 3.09. The monoisotopic (exact) mass is 328 g/mol. The van der Waals surface area contributed by atoms with E-state index in [0.29, 0.717) is 29.5 Å². The van der Waals surface area contributed by atoms with Crippen LogP contribution in [0.4, 0.5) is 0 Å². The molecule has 0 N–H and O–H groups in total. The zero-order valence-corrected chi connectivity index (χ0v) is 13.3. The zero-order chi connectivity index (χ0) is 16.9. The first kappa shape index (κ1) is 15.7. The number of rotatable bonds is 6. The fourth-order valence-corrected chi connectivity index (χ4v) is 2.16. The number of benzene rings is 1. The van der Waals surface area contributed by atoms with E-state index in [-0.39, 0.29) is 12.3 Å². The first-order valence-corrected chi connectivity index (χ1v) is 7.35. The van der Waals surface area contributed by atoms with E-state index in [1.807, 2.05) is 13.0 Å². The number of nitrogens with zero attached hydrogens (tertiary/aromatic N) is 6. The summed E-state index contributed by atoms with van der Waals surface area (Å²) in [6, 6.07) is 8.78. The summed E-state index contributed by atoms with van der Waals surface area (Å²) in [6.07, 6.45) is 1.56. The van der Waals surface area contributed by atoms with Crippen LogP contribution >= 0.6 is 0 Å². The van der Waals surface area contributed by atoms with Gasteiger partial charge in [0.2, 0.25) is 5.88 Å². The second kappa shape index (κ2) is 6.90. The SMILES string of the molecule is CCOc1cccc(-n2nnn(C)c2=O)c1COc1cccnn1. The van der Waals surface area contributed by atoms with Crippen molar-refractivity contribution in [2.45, 2.75) is 13.5 Å². The third-order valence-corrected chi connectivity index (χ3v) is 3.27. The molecule has 0 unspecified atom stereocenters. The Balaban J connectivity index is 2.01. The van der Waals surface area contributed by atoms with Crippen LogP contribution in [0.2, 0.25) is 0 Å². The van der Waals surface area contributed by atoms with Gasteiger partial charge >= 0.3 is 5.69 Å². The maximum Gasteiger partial charge on any atom is 0.368 e. The summed E-state index contributed by atoms with van der Waals surface area (Å²) in [6.45, 7) is 2.51. The van der Waals surface area contributed by atoms with E-state index in [1.165, 1.54) is 11.7 Å². The van der Waals surface area contributed by atoms with E-state index in [2.05, 4.69) is 20.6 Å². The highest BCUT2D eigenvalue weighted by Gasteiger charge is 2.16. The predicted molar refractivity (Wildman–Crippen MR) is 84.1 cm³/mol. The molecule has 0 bridgehead atoms. The minimum absolute atomic E-state index is 0.146. The van der Waals surface area contributed by atoms with Crippen molar-refractivity contribution in [1.82, 2.24) is 30.0 Å². The molecule has 0 atom stereocenters. The lowest BCUT2D eigenvalue weighted by molar-refractivity contribution is 0.274. The summed E-state index contributed by atoms with van der Waals surface area (Å²) in [4.78, 5) is 12.2. The molecule has 3 rings (SSSR count). The number of aromatic nitrogens is 6. The maximum atomic E-state index is 12.2. The fraction of sp³-hybridized carbons (Fsp3) is 0.267. The van der Waals surface area contributed by atoms with Gasteiger partial charge in [-0.1, -0.05) is 6.07 Å². The summed E-state index contributed by atoms with van der Waals surface area (Å²) >= 11 is 0. The van der Waals surface area contributed by atoms with E-state index in [9.17, 15) is 4.79 Å². The molecule has 0 aliphatic heterocycles. The molecule has 0 saturated carbocycles. The van der Waals surface area contributed by atoms with Crippen LogP contribution < -0.4 is 15.2 Å². The predicted octanol–water partition coefficient (Wildman–Crippen LogP) is 0.734. The Kier molecular flexibility index (Phi) is 4.50. The molecule has 9 heteroatoms. The van der Waals surface area contributed by atoms with Crippen molar-refractivity contribution >= 4 is 0 Å². The Labute approximate surface area is 137 Å². The second-order valence-corrected chi connectivity index (χ2v) is 4.83. The second-order valence-electron chi connectivity index (χ2n) is 4.83. The van der Waals surface area contributed by atoms with Gasteiger partial charge < -0.3 is 9.47 Å². The lowest BCUT2D eigenvalue weighted by atomic mass is 10.1. The van der Waals surface area contributed by atoms with Crippen LogP contribution in [-0.4, -0.2) is 36.6 Å². The average Bonchev–Trinajstić information content (AvgIpc) is 2.94. The topological polar surface area (TPSA) is 97.0 Å². The number of aryl methyl sites for hydroxylation is 1. The van der Waals surface area contributed by atoms with Gasteiger partial charge in [-0.05, 0) is 35.5 Å². The molecule has 0 aliphatic rings. The molecule has 0 amide bonds. The number of ether oxygens (including phenoxy) is 2. The summed E-state index contributed by atoms with van der Waals surface area (Å²) in [5.41, 5.74) is 0.861. The van der Waals surface area contributed by atoms with Crippen molar-refractivity contribution in [2.75, 3.05) is 6.61 Å². The minimum atomic E-state index is -0.357. The summed E-state index contributed by atoms with van der Waals surface area (Å²) in [5, 5.41) is 15.3. The lowest BCUT2D eigenvalue weighted by Gasteiger charge is -2.14. The van der Waals surface area contributed by atoms with Gasteiger partial charge in [-0.25, -0.2) is 4.79 Å². The van der Waals surface area contributed by atoms with Gasteiger partial charge in [-0.15, -0.1) is 5.10 Å². The van der Waals surface area contributed by atoms with Crippen molar-refractivity contribution in [3.05, 3.63) is 52.6 Å². The lowest BCUT2D eigenvalue weighted by Crippen LogP contribution is -2.23. The highest BCUT2D eigenvalue weighted by molar-refractivity contribution is 5.49. The first-order valence-electron chi connectivity index (χ1n) is 7.35. The van der Waals surface area contributed by atoms with Gasteiger partial charge in [0.15, 0.2) is 0 Å². The van der Waals surface area contributed by atoms with Crippen LogP contribution in [0.3, 0.4) is 0 Å². The molecule has 9 nitrogen and oxygen atoms in total. The fourth-order valence-electron chi connectivity index (χ4n) is 2.16. The van der Waals surface area contributed by atoms with E-state index < -0.39 is 0 Å². The molecule has 24 heavy (non-hydrogen) atoms. The van der Waals surface area contributed by atoms with Gasteiger partial charge in [0, 0.05) is 19.3 Å². The largest absolute Gasteiger partial charge is 0.493 e.